The molecule has 0 aliphatic heterocycles. The van der Waals surface area contributed by atoms with Gasteiger partial charge < -0.3 is 10.2 Å². The van der Waals surface area contributed by atoms with Crippen LogP contribution in [-0.4, -0.2) is 22.2 Å². The summed E-state index contributed by atoms with van der Waals surface area (Å²) >= 11 is -4.11. The van der Waals surface area contributed by atoms with Gasteiger partial charge in [-0.05, 0) is 0 Å². The summed E-state index contributed by atoms with van der Waals surface area (Å²) in [5.41, 5.74) is 0. The third kappa shape index (κ3) is 27.9. The Kier molecular flexibility index (Phi) is 7.25. The maximum absolute atomic E-state index is 9.10. The quantitative estimate of drug-likeness (QED) is 0.398. The van der Waals surface area contributed by atoms with Crippen LogP contribution >= 0.6 is 0 Å². The fourth-order valence-electron chi connectivity index (χ4n) is 0. The van der Waals surface area contributed by atoms with E-state index in [1.165, 1.54) is 0 Å². The molecule has 0 unspecified atom stereocenters. The Hall–Kier alpha value is -0.972. The summed E-state index contributed by atoms with van der Waals surface area (Å²) in [7, 11) is 0. The van der Waals surface area contributed by atoms with Crippen LogP contribution in [-0.2, 0) is 37.0 Å². The van der Waals surface area contributed by atoms with Crippen LogP contribution in [0.25, 0.3) is 0 Å². The Labute approximate surface area is 59.7 Å². The Bertz CT molecular complexity index is 201. The summed E-state index contributed by atoms with van der Waals surface area (Å²) in [6.45, 7) is 0. The van der Waals surface area contributed by atoms with Gasteiger partial charge in [-0.2, -0.15) is 0 Å². The summed E-state index contributed by atoms with van der Waals surface area (Å²) in [5.74, 6) is -3.65. The van der Waals surface area contributed by atoms with Gasteiger partial charge in [-0.15, -0.1) is 0 Å². The molecule has 10 heavy (non-hydrogen) atoms. The number of carbonyl (C=O) groups is 2. The van der Waals surface area contributed by atoms with Crippen molar-refractivity contribution in [1.29, 1.82) is 0 Å². The first-order valence-electron chi connectivity index (χ1n) is 1.61. The fourth-order valence-corrected chi connectivity index (χ4v) is 0. The van der Waals surface area contributed by atoms with Gasteiger partial charge in [-0.1, -0.05) is 0 Å². The van der Waals surface area contributed by atoms with E-state index in [0.29, 0.717) is 0 Å². The van der Waals surface area contributed by atoms with Crippen molar-refractivity contribution in [2.45, 2.75) is 0 Å². The molecule has 0 saturated carbocycles. The molecule has 8 heteroatoms. The van der Waals surface area contributed by atoms with Crippen LogP contribution in [0, 0.1) is 0 Å². The van der Waals surface area contributed by atoms with Gasteiger partial charge in [0.15, 0.2) is 0 Å². The number of hydrogen-bond acceptors (Lipinski definition) is 5. The van der Waals surface area contributed by atoms with Crippen LogP contribution in [0.15, 0.2) is 0 Å². The molecule has 2 N–H and O–H groups in total. The van der Waals surface area contributed by atoms with E-state index in [4.69, 9.17) is 30.0 Å². The van der Waals surface area contributed by atoms with Gasteiger partial charge in [0.25, 0.3) is 0 Å². The normalized spacial score (nSPS) is 6.80. The molecule has 0 spiro atoms. The van der Waals surface area contributed by atoms with E-state index in [9.17, 15) is 0 Å². The van der Waals surface area contributed by atoms with Crippen LogP contribution in [0.5, 0.6) is 0 Å². The van der Waals surface area contributed by atoms with Crippen molar-refractivity contribution in [3.8, 4) is 0 Å². The minimum atomic E-state index is -4.11. The van der Waals surface area contributed by atoms with Gasteiger partial charge >= 0.3 is 39.3 Å². The number of carboxylic acid groups (broad SMARTS) is 2. The van der Waals surface area contributed by atoms with Crippen molar-refractivity contribution >= 4 is 11.9 Å². The number of rotatable bonds is 0. The van der Waals surface area contributed by atoms with E-state index < -0.39 is 29.1 Å². The van der Waals surface area contributed by atoms with Gasteiger partial charge in [0.05, 0.1) is 0 Å². The molecule has 0 radical (unpaired) electrons. The predicted molar refractivity (Wildman–Crippen MR) is 17.3 cm³/mol. The average Bonchev–Trinajstić information content (AvgIpc) is 1.63. The van der Waals surface area contributed by atoms with Gasteiger partial charge in [-0.3, -0.25) is 0 Å². The summed E-state index contributed by atoms with van der Waals surface area (Å²) in [4.78, 5) is 18.2. The molecular formula is C2H2MoO7. The van der Waals surface area contributed by atoms with Gasteiger partial charge in [0.2, 0.25) is 0 Å². The second-order valence-electron chi connectivity index (χ2n) is 0.814. The monoisotopic (exact) mass is 236 g/mol. The van der Waals surface area contributed by atoms with Gasteiger partial charge in [0.1, 0.15) is 0 Å². The number of hydrogen-bond donors (Lipinski definition) is 2. The molecule has 0 fully saturated rings. The molecule has 0 amide bonds. The Morgan fingerprint density at radius 3 is 1.00 bits per heavy atom. The molecule has 0 aliphatic carbocycles. The van der Waals surface area contributed by atoms with Crippen LogP contribution in [0.3, 0.4) is 0 Å². The van der Waals surface area contributed by atoms with E-state index in [1.807, 2.05) is 0 Å². The number of aliphatic carboxylic acids is 2. The van der Waals surface area contributed by atoms with Crippen LogP contribution in [0.1, 0.15) is 0 Å². The molecule has 0 aromatic heterocycles. The molecule has 58 valence electrons. The first kappa shape index (κ1) is 11.8. The molecule has 0 aromatic rings. The SMILES string of the molecule is O=C(O)C(=O)O.[O]=[Mo](=[O])=[O]. The zero-order chi connectivity index (χ0) is 8.73. The number of carboxylic acids is 2. The predicted octanol–water partition coefficient (Wildman–Crippen LogP) is -1.20. The van der Waals surface area contributed by atoms with Gasteiger partial charge in [-0.25, -0.2) is 9.59 Å². The standard InChI is InChI=1S/C2H2O4.Mo.3O/c3-1(4)2(5)6;;;;/h(H,3,4)(H,5,6);;;;. The minimum absolute atomic E-state index is 1.82. The van der Waals surface area contributed by atoms with Crippen LogP contribution in [0.2, 0.25) is 0 Å². The van der Waals surface area contributed by atoms with E-state index in [0.717, 1.165) is 0 Å². The first-order valence-corrected chi connectivity index (χ1v) is 4.06. The van der Waals surface area contributed by atoms with Crippen molar-refractivity contribution in [3.05, 3.63) is 0 Å². The van der Waals surface area contributed by atoms with E-state index in [1.54, 1.807) is 0 Å². The van der Waals surface area contributed by atoms with Crippen LogP contribution in [0.4, 0.5) is 0 Å². The molecule has 0 rings (SSSR count). The Morgan fingerprint density at radius 1 is 0.900 bits per heavy atom. The fraction of sp³-hybridized carbons (Fsp3) is 0. The zero-order valence-corrected chi connectivity index (χ0v) is 6.35. The zero-order valence-electron chi connectivity index (χ0n) is 4.34. The molecular weight excluding hydrogens is 232 g/mol. The Balaban J connectivity index is 0. The summed E-state index contributed by atoms with van der Waals surface area (Å²) in [6.07, 6.45) is 0. The summed E-state index contributed by atoms with van der Waals surface area (Å²) in [6, 6.07) is 0. The summed E-state index contributed by atoms with van der Waals surface area (Å²) in [5, 5.41) is 14.8. The first-order chi connectivity index (χ1) is 4.37. The van der Waals surface area contributed by atoms with Crippen molar-refractivity contribution in [2.24, 2.45) is 0 Å². The van der Waals surface area contributed by atoms with E-state index in [-0.39, 0.29) is 0 Å². The molecule has 0 aliphatic rings. The molecule has 7 nitrogen and oxygen atoms in total. The van der Waals surface area contributed by atoms with Crippen LogP contribution < -0.4 is 0 Å². The second-order valence-corrected chi connectivity index (χ2v) is 1.82. The summed E-state index contributed by atoms with van der Waals surface area (Å²) < 4.78 is 25.8. The van der Waals surface area contributed by atoms with Crippen molar-refractivity contribution in [2.75, 3.05) is 0 Å². The molecule has 0 bridgehead atoms. The van der Waals surface area contributed by atoms with E-state index in [2.05, 4.69) is 0 Å². The second kappa shape index (κ2) is 6.15. The van der Waals surface area contributed by atoms with E-state index >= 15 is 0 Å². The van der Waals surface area contributed by atoms with Gasteiger partial charge in [0, 0.05) is 0 Å². The van der Waals surface area contributed by atoms with Crippen molar-refractivity contribution in [3.63, 3.8) is 0 Å². The van der Waals surface area contributed by atoms with Crippen molar-refractivity contribution < 1.29 is 47.2 Å². The Morgan fingerprint density at radius 2 is 1.00 bits per heavy atom. The molecule has 0 aromatic carbocycles. The maximum atomic E-state index is 9.10. The molecule has 0 saturated heterocycles. The average molecular weight is 234 g/mol. The third-order valence-corrected chi connectivity index (χ3v) is 0.183. The molecule has 0 heterocycles. The topological polar surface area (TPSA) is 126 Å². The third-order valence-electron chi connectivity index (χ3n) is 0.183. The molecule has 0 atom stereocenters. The van der Waals surface area contributed by atoms with Crippen molar-refractivity contribution in [1.82, 2.24) is 0 Å².